The zero-order valence-corrected chi connectivity index (χ0v) is 13.7. The molecule has 1 atom stereocenters. The van der Waals surface area contributed by atoms with Gasteiger partial charge in [0.25, 0.3) is 0 Å². The molecule has 0 spiro atoms. The van der Waals surface area contributed by atoms with Crippen molar-refractivity contribution in [1.29, 1.82) is 0 Å². The highest BCUT2D eigenvalue weighted by atomic mass is 32.2. The van der Waals surface area contributed by atoms with Gasteiger partial charge >= 0.3 is 0 Å². The molecule has 0 amide bonds. The second kappa shape index (κ2) is 6.98. The van der Waals surface area contributed by atoms with Gasteiger partial charge in [-0.1, -0.05) is 39.5 Å². The first-order chi connectivity index (χ1) is 8.86. The van der Waals surface area contributed by atoms with Crippen molar-refractivity contribution >= 4 is 23.4 Å². The molecule has 0 aliphatic rings. The Morgan fingerprint density at radius 1 is 1.26 bits per heavy atom. The summed E-state index contributed by atoms with van der Waals surface area (Å²) in [5.74, 6) is 1.78. The molecule has 0 saturated carbocycles. The van der Waals surface area contributed by atoms with E-state index in [9.17, 15) is 0 Å². The number of aromatic nitrogens is 2. The highest BCUT2D eigenvalue weighted by molar-refractivity contribution is 7.98. The van der Waals surface area contributed by atoms with E-state index in [1.54, 1.807) is 11.8 Å². The molecule has 1 aromatic heterocycles. The van der Waals surface area contributed by atoms with Gasteiger partial charge < -0.3 is 10.6 Å². The van der Waals surface area contributed by atoms with Crippen molar-refractivity contribution in [3.05, 3.63) is 6.07 Å². The maximum absolute atomic E-state index is 4.51. The van der Waals surface area contributed by atoms with Crippen LogP contribution < -0.4 is 10.6 Å². The summed E-state index contributed by atoms with van der Waals surface area (Å²) in [6, 6.07) is 2.33. The number of anilines is 2. The van der Waals surface area contributed by atoms with Crippen molar-refractivity contribution in [2.24, 2.45) is 5.41 Å². The van der Waals surface area contributed by atoms with Crippen LogP contribution in [-0.2, 0) is 0 Å². The number of nitrogens with zero attached hydrogens (tertiary/aromatic N) is 2. The summed E-state index contributed by atoms with van der Waals surface area (Å²) in [5.41, 5.74) is 0.196. The van der Waals surface area contributed by atoms with Crippen LogP contribution >= 0.6 is 11.8 Å². The summed E-state index contributed by atoms with van der Waals surface area (Å²) in [4.78, 5) is 8.97. The molecule has 108 valence electrons. The molecule has 0 aliphatic heterocycles. The summed E-state index contributed by atoms with van der Waals surface area (Å²) in [6.45, 7) is 11.9. The summed E-state index contributed by atoms with van der Waals surface area (Å²) in [6.07, 6.45) is 3.08. The fourth-order valence-corrected chi connectivity index (χ4v) is 1.75. The predicted molar refractivity (Wildman–Crippen MR) is 85.1 cm³/mol. The normalized spacial score (nSPS) is 13.2. The third kappa shape index (κ3) is 5.27. The van der Waals surface area contributed by atoms with Gasteiger partial charge in [0.2, 0.25) is 0 Å². The van der Waals surface area contributed by atoms with Gasteiger partial charge in [-0.05, 0) is 25.0 Å². The lowest BCUT2D eigenvalue weighted by Crippen LogP contribution is -2.31. The Morgan fingerprint density at radius 3 is 2.42 bits per heavy atom. The lowest BCUT2D eigenvalue weighted by Gasteiger charge is -2.28. The van der Waals surface area contributed by atoms with Crippen LogP contribution in [0.3, 0.4) is 0 Å². The smallest absolute Gasteiger partial charge is 0.191 e. The van der Waals surface area contributed by atoms with Gasteiger partial charge in [-0.15, -0.1) is 0 Å². The molecule has 0 saturated heterocycles. The first-order valence-corrected chi connectivity index (χ1v) is 8.02. The SMILES string of the molecule is CCCNc1cc(NC(C)C(C)(C)C)nc(SC)n1. The number of hydrogen-bond acceptors (Lipinski definition) is 5. The average molecular weight is 282 g/mol. The summed E-state index contributed by atoms with van der Waals surface area (Å²) >= 11 is 1.56. The Balaban J connectivity index is 2.87. The van der Waals surface area contributed by atoms with Crippen LogP contribution in [0.5, 0.6) is 0 Å². The predicted octanol–water partition coefficient (Wildman–Crippen LogP) is 3.87. The fourth-order valence-electron chi connectivity index (χ4n) is 1.37. The largest absolute Gasteiger partial charge is 0.370 e. The van der Waals surface area contributed by atoms with E-state index in [4.69, 9.17) is 0 Å². The Kier molecular flexibility index (Phi) is 5.91. The molecule has 1 aromatic rings. The lowest BCUT2D eigenvalue weighted by atomic mass is 9.88. The molecule has 0 aromatic carbocycles. The molecular formula is C14H26N4S. The molecular weight excluding hydrogens is 256 g/mol. The molecule has 5 heteroatoms. The van der Waals surface area contributed by atoms with Gasteiger partial charge in [0.15, 0.2) is 5.16 Å². The van der Waals surface area contributed by atoms with E-state index in [1.807, 2.05) is 12.3 Å². The molecule has 1 heterocycles. The molecule has 0 aliphatic carbocycles. The minimum absolute atomic E-state index is 0.196. The van der Waals surface area contributed by atoms with Gasteiger partial charge in [0.1, 0.15) is 11.6 Å². The summed E-state index contributed by atoms with van der Waals surface area (Å²) in [7, 11) is 0. The molecule has 0 radical (unpaired) electrons. The Hall–Kier alpha value is -0.970. The highest BCUT2D eigenvalue weighted by Gasteiger charge is 2.20. The monoisotopic (exact) mass is 282 g/mol. The van der Waals surface area contributed by atoms with Crippen LogP contribution in [0, 0.1) is 5.41 Å². The van der Waals surface area contributed by atoms with Crippen LogP contribution in [0.1, 0.15) is 41.0 Å². The second-order valence-corrected chi connectivity index (χ2v) is 6.56. The molecule has 0 fully saturated rings. The van der Waals surface area contributed by atoms with Gasteiger partial charge in [-0.2, -0.15) is 0 Å². The quantitative estimate of drug-likeness (QED) is 0.613. The van der Waals surface area contributed by atoms with Gasteiger partial charge in [-0.25, -0.2) is 9.97 Å². The highest BCUT2D eigenvalue weighted by Crippen LogP contribution is 2.24. The van der Waals surface area contributed by atoms with Crippen molar-refractivity contribution in [3.8, 4) is 0 Å². The average Bonchev–Trinajstić information content (AvgIpc) is 2.34. The minimum Gasteiger partial charge on any atom is -0.370 e. The van der Waals surface area contributed by atoms with E-state index in [-0.39, 0.29) is 5.41 Å². The zero-order chi connectivity index (χ0) is 14.5. The first kappa shape index (κ1) is 16.1. The minimum atomic E-state index is 0.196. The zero-order valence-electron chi connectivity index (χ0n) is 12.9. The number of rotatable bonds is 6. The molecule has 0 bridgehead atoms. The van der Waals surface area contributed by atoms with Crippen LogP contribution in [0.25, 0.3) is 0 Å². The van der Waals surface area contributed by atoms with Crippen LogP contribution in [0.15, 0.2) is 11.2 Å². The number of hydrogen-bond donors (Lipinski definition) is 2. The fraction of sp³-hybridized carbons (Fsp3) is 0.714. The van der Waals surface area contributed by atoms with Crippen LogP contribution in [0.4, 0.5) is 11.6 Å². The summed E-state index contributed by atoms with van der Waals surface area (Å²) < 4.78 is 0. The first-order valence-electron chi connectivity index (χ1n) is 6.80. The van der Waals surface area contributed by atoms with Crippen LogP contribution in [0.2, 0.25) is 0 Å². The maximum Gasteiger partial charge on any atom is 0.191 e. The van der Waals surface area contributed by atoms with E-state index in [0.29, 0.717) is 6.04 Å². The Labute approximate surface area is 121 Å². The third-order valence-electron chi connectivity index (χ3n) is 3.11. The van der Waals surface area contributed by atoms with Crippen molar-refractivity contribution < 1.29 is 0 Å². The number of thioether (sulfide) groups is 1. The number of nitrogens with one attached hydrogen (secondary N) is 2. The van der Waals surface area contributed by atoms with Crippen molar-refractivity contribution in [2.75, 3.05) is 23.4 Å². The Morgan fingerprint density at radius 2 is 1.89 bits per heavy atom. The van der Waals surface area contributed by atoms with Crippen LogP contribution in [-0.4, -0.2) is 28.8 Å². The Bertz CT molecular complexity index is 401. The van der Waals surface area contributed by atoms with E-state index >= 15 is 0 Å². The molecule has 4 nitrogen and oxygen atoms in total. The summed E-state index contributed by atoms with van der Waals surface area (Å²) in [5, 5.41) is 7.58. The van der Waals surface area contributed by atoms with E-state index in [0.717, 1.165) is 29.8 Å². The third-order valence-corrected chi connectivity index (χ3v) is 3.66. The lowest BCUT2D eigenvalue weighted by molar-refractivity contribution is 0.358. The molecule has 1 unspecified atom stereocenters. The molecule has 2 N–H and O–H groups in total. The van der Waals surface area contributed by atoms with Crippen molar-refractivity contribution in [3.63, 3.8) is 0 Å². The standard InChI is InChI=1S/C14H26N4S/c1-7-8-15-11-9-12(18-13(17-11)19-6)16-10(2)14(3,4)5/h9-10H,7-8H2,1-6H3,(H2,15,16,17,18). The molecule has 1 rings (SSSR count). The van der Waals surface area contributed by atoms with Crippen molar-refractivity contribution in [2.45, 2.75) is 52.2 Å². The van der Waals surface area contributed by atoms with E-state index in [1.165, 1.54) is 0 Å². The van der Waals surface area contributed by atoms with Gasteiger partial charge in [0.05, 0.1) is 0 Å². The van der Waals surface area contributed by atoms with Crippen molar-refractivity contribution in [1.82, 2.24) is 9.97 Å². The van der Waals surface area contributed by atoms with E-state index < -0.39 is 0 Å². The topological polar surface area (TPSA) is 49.8 Å². The maximum atomic E-state index is 4.51. The second-order valence-electron chi connectivity index (χ2n) is 5.78. The molecule has 19 heavy (non-hydrogen) atoms. The van der Waals surface area contributed by atoms with E-state index in [2.05, 4.69) is 55.2 Å². The van der Waals surface area contributed by atoms with Gasteiger partial charge in [-0.3, -0.25) is 0 Å². The van der Waals surface area contributed by atoms with Gasteiger partial charge in [0, 0.05) is 18.7 Å².